The molecule has 0 fully saturated rings. The second kappa shape index (κ2) is 9.98. The number of rotatable bonds is 10. The Morgan fingerprint density at radius 2 is 1.88 bits per heavy atom. The minimum atomic E-state index is -0.145. The fraction of sp³-hybridized carbons (Fsp3) is 0.444. The third-order valence-electron chi connectivity index (χ3n) is 3.87. The van der Waals surface area contributed by atoms with Gasteiger partial charge in [-0.05, 0) is 42.9 Å². The molecule has 136 valence electrons. The van der Waals surface area contributed by atoms with Gasteiger partial charge < -0.3 is 14.8 Å². The van der Waals surface area contributed by atoms with Crippen LogP contribution in [0, 0.1) is 0 Å². The van der Waals surface area contributed by atoms with Gasteiger partial charge in [-0.15, -0.1) is 0 Å². The van der Waals surface area contributed by atoms with Gasteiger partial charge in [0.05, 0.1) is 19.9 Å². The normalized spacial score (nSPS) is 10.5. The van der Waals surface area contributed by atoms with Crippen molar-refractivity contribution in [2.75, 3.05) is 26.5 Å². The molecule has 7 heteroatoms. The Morgan fingerprint density at radius 1 is 1.12 bits per heavy atom. The van der Waals surface area contributed by atoms with E-state index in [1.54, 1.807) is 20.3 Å². The van der Waals surface area contributed by atoms with Crippen molar-refractivity contribution >= 4 is 18.5 Å². The van der Waals surface area contributed by atoms with E-state index in [0.717, 1.165) is 37.0 Å². The Balaban J connectivity index is 1.94. The number of carbonyl (C=O) groups excluding carboxylic acids is 1. The van der Waals surface area contributed by atoms with Crippen molar-refractivity contribution < 1.29 is 14.3 Å². The summed E-state index contributed by atoms with van der Waals surface area (Å²) in [6.07, 6.45) is 4.33. The number of aromatic nitrogens is 2. The van der Waals surface area contributed by atoms with E-state index in [2.05, 4.69) is 28.1 Å². The monoisotopic (exact) mass is 363 g/mol. The SMILES string of the molecule is COc1ccc(-c2cc(C(=O)NCCCCCCS)[nH]n2)cc1OC. The highest BCUT2D eigenvalue weighted by molar-refractivity contribution is 7.80. The van der Waals surface area contributed by atoms with Crippen LogP contribution in [0.15, 0.2) is 24.3 Å². The van der Waals surface area contributed by atoms with Crippen LogP contribution < -0.4 is 14.8 Å². The molecule has 0 bridgehead atoms. The number of benzene rings is 1. The van der Waals surface area contributed by atoms with Crippen LogP contribution in [0.3, 0.4) is 0 Å². The summed E-state index contributed by atoms with van der Waals surface area (Å²) in [6, 6.07) is 7.25. The standard InChI is InChI=1S/C18H25N3O3S/c1-23-16-8-7-13(11-17(16)24-2)14-12-15(21-20-14)18(22)19-9-5-3-4-6-10-25/h7-8,11-12,25H,3-6,9-10H2,1-2H3,(H,19,22)(H,20,21). The molecule has 2 N–H and O–H groups in total. The van der Waals surface area contributed by atoms with Gasteiger partial charge in [0.25, 0.3) is 5.91 Å². The van der Waals surface area contributed by atoms with E-state index in [0.29, 0.717) is 29.4 Å². The zero-order valence-corrected chi connectivity index (χ0v) is 15.6. The van der Waals surface area contributed by atoms with Crippen molar-refractivity contribution in [1.82, 2.24) is 15.5 Å². The zero-order chi connectivity index (χ0) is 18.1. The highest BCUT2D eigenvalue weighted by Gasteiger charge is 2.12. The highest BCUT2D eigenvalue weighted by atomic mass is 32.1. The quantitative estimate of drug-likeness (QED) is 0.447. The average molecular weight is 363 g/mol. The molecule has 6 nitrogen and oxygen atoms in total. The summed E-state index contributed by atoms with van der Waals surface area (Å²) in [4.78, 5) is 12.2. The van der Waals surface area contributed by atoms with Gasteiger partial charge in [0.15, 0.2) is 11.5 Å². The summed E-state index contributed by atoms with van der Waals surface area (Å²) < 4.78 is 10.5. The lowest BCUT2D eigenvalue weighted by molar-refractivity contribution is 0.0948. The van der Waals surface area contributed by atoms with E-state index < -0.39 is 0 Å². The minimum absolute atomic E-state index is 0.145. The first kappa shape index (κ1) is 19.2. The Hall–Kier alpha value is -2.15. The molecule has 0 aliphatic rings. The maximum Gasteiger partial charge on any atom is 0.269 e. The van der Waals surface area contributed by atoms with Gasteiger partial charge in [-0.2, -0.15) is 17.7 Å². The molecule has 0 saturated heterocycles. The molecule has 0 radical (unpaired) electrons. The van der Waals surface area contributed by atoms with Crippen molar-refractivity contribution in [3.63, 3.8) is 0 Å². The average Bonchev–Trinajstić information content (AvgIpc) is 3.14. The van der Waals surface area contributed by atoms with Crippen LogP contribution in [0.1, 0.15) is 36.2 Å². The molecule has 0 aliphatic carbocycles. The highest BCUT2D eigenvalue weighted by Crippen LogP contribution is 2.31. The Morgan fingerprint density at radius 3 is 2.60 bits per heavy atom. The number of thiol groups is 1. The fourth-order valence-electron chi connectivity index (χ4n) is 2.47. The number of methoxy groups -OCH3 is 2. The van der Waals surface area contributed by atoms with E-state index in [1.807, 2.05) is 18.2 Å². The van der Waals surface area contributed by atoms with Crippen LogP contribution in [0.5, 0.6) is 11.5 Å². The van der Waals surface area contributed by atoms with Crippen LogP contribution in [-0.4, -0.2) is 42.6 Å². The third kappa shape index (κ3) is 5.42. The summed E-state index contributed by atoms with van der Waals surface area (Å²) in [7, 11) is 3.17. The number of H-pyrrole nitrogens is 1. The number of unbranched alkanes of at least 4 members (excludes halogenated alkanes) is 3. The molecular formula is C18H25N3O3S. The van der Waals surface area contributed by atoms with Crippen LogP contribution in [0.2, 0.25) is 0 Å². The minimum Gasteiger partial charge on any atom is -0.493 e. The lowest BCUT2D eigenvalue weighted by Gasteiger charge is -2.08. The number of hydrogen-bond acceptors (Lipinski definition) is 5. The number of nitrogens with zero attached hydrogens (tertiary/aromatic N) is 1. The maximum atomic E-state index is 12.2. The van der Waals surface area contributed by atoms with E-state index in [9.17, 15) is 4.79 Å². The molecule has 0 spiro atoms. The van der Waals surface area contributed by atoms with E-state index in [1.165, 1.54) is 0 Å². The molecule has 0 unspecified atom stereocenters. The maximum absolute atomic E-state index is 12.2. The molecular weight excluding hydrogens is 338 g/mol. The van der Waals surface area contributed by atoms with Crippen LogP contribution in [0.4, 0.5) is 0 Å². The largest absolute Gasteiger partial charge is 0.493 e. The van der Waals surface area contributed by atoms with Gasteiger partial charge in [0, 0.05) is 12.1 Å². The molecule has 1 heterocycles. The number of ether oxygens (including phenoxy) is 2. The number of aromatic amines is 1. The molecule has 1 aromatic carbocycles. The first-order chi connectivity index (χ1) is 12.2. The predicted octanol–water partition coefficient (Wildman–Crippen LogP) is 3.31. The molecule has 2 rings (SSSR count). The second-order valence-corrected chi connectivity index (χ2v) is 6.08. The van der Waals surface area contributed by atoms with Crippen molar-refractivity contribution in [1.29, 1.82) is 0 Å². The van der Waals surface area contributed by atoms with Crippen molar-refractivity contribution in [2.45, 2.75) is 25.7 Å². The number of carbonyl (C=O) groups is 1. The summed E-state index contributed by atoms with van der Waals surface area (Å²) in [5, 5.41) is 9.91. The van der Waals surface area contributed by atoms with Crippen molar-refractivity contribution in [3.8, 4) is 22.8 Å². The summed E-state index contributed by atoms with van der Waals surface area (Å²) in [5.41, 5.74) is 1.97. The van der Waals surface area contributed by atoms with Crippen LogP contribution in [-0.2, 0) is 0 Å². The lowest BCUT2D eigenvalue weighted by Crippen LogP contribution is -2.24. The fourth-order valence-corrected chi connectivity index (χ4v) is 2.69. The Kier molecular flexibility index (Phi) is 7.66. The smallest absolute Gasteiger partial charge is 0.269 e. The topological polar surface area (TPSA) is 76.2 Å². The summed E-state index contributed by atoms with van der Waals surface area (Å²) >= 11 is 4.19. The molecule has 0 atom stereocenters. The van der Waals surface area contributed by atoms with Crippen molar-refractivity contribution in [2.24, 2.45) is 0 Å². The molecule has 25 heavy (non-hydrogen) atoms. The number of nitrogens with one attached hydrogen (secondary N) is 2. The first-order valence-electron chi connectivity index (χ1n) is 8.36. The lowest BCUT2D eigenvalue weighted by atomic mass is 10.1. The second-order valence-electron chi connectivity index (χ2n) is 5.63. The number of hydrogen-bond donors (Lipinski definition) is 3. The van der Waals surface area contributed by atoms with Crippen molar-refractivity contribution in [3.05, 3.63) is 30.0 Å². The summed E-state index contributed by atoms with van der Waals surface area (Å²) in [6.45, 7) is 0.663. The van der Waals surface area contributed by atoms with Gasteiger partial charge in [-0.3, -0.25) is 9.89 Å². The van der Waals surface area contributed by atoms with Gasteiger partial charge >= 0.3 is 0 Å². The van der Waals surface area contributed by atoms with Gasteiger partial charge in [0.1, 0.15) is 5.69 Å². The van der Waals surface area contributed by atoms with E-state index in [4.69, 9.17) is 9.47 Å². The van der Waals surface area contributed by atoms with E-state index in [-0.39, 0.29) is 5.91 Å². The summed E-state index contributed by atoms with van der Waals surface area (Å²) in [5.74, 6) is 2.04. The molecule has 1 amide bonds. The van der Waals surface area contributed by atoms with Crippen LogP contribution in [0.25, 0.3) is 11.3 Å². The number of amides is 1. The predicted molar refractivity (Wildman–Crippen MR) is 102 cm³/mol. The van der Waals surface area contributed by atoms with Gasteiger partial charge in [-0.1, -0.05) is 12.8 Å². The molecule has 1 aromatic heterocycles. The van der Waals surface area contributed by atoms with Gasteiger partial charge in [0.2, 0.25) is 0 Å². The first-order valence-corrected chi connectivity index (χ1v) is 8.99. The van der Waals surface area contributed by atoms with E-state index >= 15 is 0 Å². The van der Waals surface area contributed by atoms with Gasteiger partial charge in [-0.25, -0.2) is 0 Å². The third-order valence-corrected chi connectivity index (χ3v) is 4.19. The molecule has 0 saturated carbocycles. The Labute approximate surface area is 153 Å². The zero-order valence-electron chi connectivity index (χ0n) is 14.7. The molecule has 2 aromatic rings. The Bertz CT molecular complexity index is 688. The molecule has 0 aliphatic heterocycles. The van der Waals surface area contributed by atoms with Crippen LogP contribution >= 0.6 is 12.6 Å².